The van der Waals surface area contributed by atoms with E-state index in [9.17, 15) is 4.79 Å². The molecule has 0 aromatic rings. The van der Waals surface area contributed by atoms with Crippen molar-refractivity contribution in [2.45, 2.75) is 45.3 Å². The highest BCUT2D eigenvalue weighted by atomic mass is 16.5. The average Bonchev–Trinajstić information content (AvgIpc) is 2.53. The Balaban J connectivity index is 2.24. The molecule has 0 spiro atoms. The van der Waals surface area contributed by atoms with Gasteiger partial charge in [-0.3, -0.25) is 4.79 Å². The summed E-state index contributed by atoms with van der Waals surface area (Å²) in [6.45, 7) is 17.4. The fraction of sp³-hybridized carbons (Fsp3) is 0.526. The Morgan fingerprint density at radius 2 is 2.05 bits per heavy atom. The van der Waals surface area contributed by atoms with Gasteiger partial charge in [-0.25, -0.2) is 0 Å². The van der Waals surface area contributed by atoms with E-state index in [1.54, 1.807) is 0 Å². The lowest BCUT2D eigenvalue weighted by atomic mass is 9.88. The van der Waals surface area contributed by atoms with Crippen molar-refractivity contribution in [3.63, 3.8) is 0 Å². The molecule has 0 aromatic carbocycles. The lowest BCUT2D eigenvalue weighted by Crippen LogP contribution is -2.51. The number of hydrogen-bond donors (Lipinski definition) is 0. The topological polar surface area (TPSA) is 29.5 Å². The molecule has 120 valence electrons. The molecule has 1 unspecified atom stereocenters. The van der Waals surface area contributed by atoms with E-state index in [4.69, 9.17) is 4.74 Å². The monoisotopic (exact) mass is 301 g/mol. The van der Waals surface area contributed by atoms with Crippen molar-refractivity contribution in [2.24, 2.45) is 5.92 Å². The summed E-state index contributed by atoms with van der Waals surface area (Å²) < 4.78 is 5.77. The van der Waals surface area contributed by atoms with Crippen LogP contribution in [0, 0.1) is 5.92 Å². The van der Waals surface area contributed by atoms with Crippen LogP contribution in [0.25, 0.3) is 0 Å². The molecule has 1 amide bonds. The minimum atomic E-state index is -0.311. The molecule has 2 heterocycles. The van der Waals surface area contributed by atoms with Crippen molar-refractivity contribution < 1.29 is 9.53 Å². The van der Waals surface area contributed by atoms with Crippen molar-refractivity contribution in [1.82, 2.24) is 4.90 Å². The van der Waals surface area contributed by atoms with E-state index in [2.05, 4.69) is 26.7 Å². The Kier molecular flexibility index (Phi) is 5.41. The van der Waals surface area contributed by atoms with Crippen LogP contribution in [0.2, 0.25) is 0 Å². The predicted molar refractivity (Wildman–Crippen MR) is 90.5 cm³/mol. The molecule has 1 fully saturated rings. The zero-order valence-corrected chi connectivity index (χ0v) is 13.8. The number of rotatable bonds is 4. The van der Waals surface area contributed by atoms with Crippen molar-refractivity contribution >= 4 is 5.91 Å². The van der Waals surface area contributed by atoms with Gasteiger partial charge in [0.1, 0.15) is 6.10 Å². The van der Waals surface area contributed by atoms with Gasteiger partial charge in [0, 0.05) is 6.54 Å². The van der Waals surface area contributed by atoms with E-state index in [0.29, 0.717) is 19.1 Å². The van der Waals surface area contributed by atoms with Gasteiger partial charge in [0.15, 0.2) is 0 Å². The van der Waals surface area contributed by atoms with Crippen LogP contribution in [0.15, 0.2) is 48.6 Å². The van der Waals surface area contributed by atoms with Gasteiger partial charge in [-0.1, -0.05) is 44.4 Å². The third-order valence-electron chi connectivity index (χ3n) is 4.59. The van der Waals surface area contributed by atoms with Crippen LogP contribution in [0.3, 0.4) is 0 Å². The second kappa shape index (κ2) is 7.10. The summed E-state index contributed by atoms with van der Waals surface area (Å²) in [6.07, 6.45) is 6.05. The Morgan fingerprint density at radius 3 is 2.55 bits per heavy atom. The maximum atomic E-state index is 12.9. The van der Waals surface area contributed by atoms with Crippen molar-refractivity contribution in [3.05, 3.63) is 48.6 Å². The summed E-state index contributed by atoms with van der Waals surface area (Å²) >= 11 is 0. The van der Waals surface area contributed by atoms with Gasteiger partial charge in [0.25, 0.3) is 5.91 Å². The molecular weight excluding hydrogens is 274 g/mol. The van der Waals surface area contributed by atoms with Crippen molar-refractivity contribution in [1.29, 1.82) is 0 Å². The molecule has 0 radical (unpaired) electrons. The van der Waals surface area contributed by atoms with Gasteiger partial charge in [0.05, 0.1) is 12.6 Å². The SMILES string of the molecule is C=CC1=C(C=C)[C@H](C(=C)C)N(C(=O)[C@H]2CCC(C)CO2)CC1. The fourth-order valence-electron chi connectivity index (χ4n) is 3.35. The first kappa shape index (κ1) is 16.8. The van der Waals surface area contributed by atoms with Crippen LogP contribution in [0.1, 0.15) is 33.1 Å². The predicted octanol–water partition coefficient (Wildman–Crippen LogP) is 3.65. The third-order valence-corrected chi connectivity index (χ3v) is 4.59. The minimum Gasteiger partial charge on any atom is -0.368 e. The summed E-state index contributed by atoms with van der Waals surface area (Å²) in [6, 6.07) is -0.116. The number of nitrogens with zero attached hydrogens (tertiary/aromatic N) is 1. The molecule has 22 heavy (non-hydrogen) atoms. The van der Waals surface area contributed by atoms with E-state index in [-0.39, 0.29) is 18.1 Å². The molecule has 2 aliphatic heterocycles. The minimum absolute atomic E-state index is 0.0855. The van der Waals surface area contributed by atoms with Crippen LogP contribution in [0.5, 0.6) is 0 Å². The lowest BCUT2D eigenvalue weighted by molar-refractivity contribution is -0.149. The van der Waals surface area contributed by atoms with E-state index in [1.807, 2.05) is 24.0 Å². The zero-order valence-electron chi connectivity index (χ0n) is 13.8. The van der Waals surface area contributed by atoms with Crippen LogP contribution in [0.4, 0.5) is 0 Å². The second-order valence-electron chi connectivity index (χ2n) is 6.42. The molecule has 2 aliphatic rings. The first-order chi connectivity index (χ1) is 10.5. The third kappa shape index (κ3) is 3.25. The van der Waals surface area contributed by atoms with Crippen LogP contribution >= 0.6 is 0 Å². The molecule has 0 N–H and O–H groups in total. The largest absolute Gasteiger partial charge is 0.368 e. The van der Waals surface area contributed by atoms with Gasteiger partial charge in [-0.05, 0) is 43.3 Å². The average molecular weight is 301 g/mol. The van der Waals surface area contributed by atoms with Gasteiger partial charge in [-0.2, -0.15) is 0 Å². The summed E-state index contributed by atoms with van der Waals surface area (Å²) in [5.74, 6) is 0.626. The van der Waals surface area contributed by atoms with Gasteiger partial charge in [-0.15, -0.1) is 0 Å². The molecule has 0 saturated carbocycles. The maximum absolute atomic E-state index is 12.9. The normalized spacial score (nSPS) is 29.2. The Bertz CT molecular complexity index is 510. The standard InChI is InChI=1S/C19H27NO2/c1-6-15-10-11-20(18(13(3)4)16(15)7-2)19(21)17-9-8-14(5)12-22-17/h6-7,14,17-18H,1-3,8-12H2,4-5H3/t14?,17-,18+/m1/s1. The quantitative estimate of drug-likeness (QED) is 0.742. The Morgan fingerprint density at radius 1 is 1.32 bits per heavy atom. The number of ether oxygens (including phenoxy) is 1. The first-order valence-corrected chi connectivity index (χ1v) is 8.05. The smallest absolute Gasteiger partial charge is 0.252 e. The second-order valence-corrected chi connectivity index (χ2v) is 6.42. The summed E-state index contributed by atoms with van der Waals surface area (Å²) in [5, 5.41) is 0. The molecule has 2 rings (SSSR count). The van der Waals surface area contributed by atoms with Crippen LogP contribution < -0.4 is 0 Å². The molecule has 0 bridgehead atoms. The van der Waals surface area contributed by atoms with E-state index < -0.39 is 0 Å². The molecule has 3 nitrogen and oxygen atoms in total. The van der Waals surface area contributed by atoms with Crippen molar-refractivity contribution in [2.75, 3.05) is 13.2 Å². The maximum Gasteiger partial charge on any atom is 0.252 e. The fourth-order valence-corrected chi connectivity index (χ4v) is 3.35. The van der Waals surface area contributed by atoms with Gasteiger partial charge >= 0.3 is 0 Å². The highest BCUT2D eigenvalue weighted by Gasteiger charge is 2.36. The lowest BCUT2D eigenvalue weighted by Gasteiger charge is -2.40. The van der Waals surface area contributed by atoms with E-state index >= 15 is 0 Å². The van der Waals surface area contributed by atoms with Gasteiger partial charge in [0.2, 0.25) is 0 Å². The van der Waals surface area contributed by atoms with Gasteiger partial charge < -0.3 is 9.64 Å². The Hall–Kier alpha value is -1.61. The molecular formula is C19H27NO2. The zero-order chi connectivity index (χ0) is 16.3. The molecule has 0 aromatic heterocycles. The Labute approximate surface area is 134 Å². The van der Waals surface area contributed by atoms with Crippen molar-refractivity contribution in [3.8, 4) is 0 Å². The van der Waals surface area contributed by atoms with E-state index in [0.717, 1.165) is 36.0 Å². The highest BCUT2D eigenvalue weighted by molar-refractivity contribution is 5.82. The summed E-state index contributed by atoms with van der Waals surface area (Å²) in [7, 11) is 0. The number of carbonyl (C=O) groups is 1. The number of hydrogen-bond acceptors (Lipinski definition) is 2. The number of allylic oxidation sites excluding steroid dienone is 1. The van der Waals surface area contributed by atoms with Crippen LogP contribution in [-0.4, -0.2) is 36.1 Å². The summed E-state index contributed by atoms with van der Waals surface area (Å²) in [5.41, 5.74) is 3.16. The van der Waals surface area contributed by atoms with Crippen LogP contribution in [-0.2, 0) is 9.53 Å². The molecule has 1 saturated heterocycles. The number of carbonyl (C=O) groups excluding carboxylic acids is 1. The number of amides is 1. The summed E-state index contributed by atoms with van der Waals surface area (Å²) in [4.78, 5) is 14.8. The molecule has 3 atom stereocenters. The van der Waals surface area contributed by atoms with E-state index in [1.165, 1.54) is 0 Å². The molecule has 3 heteroatoms. The highest BCUT2D eigenvalue weighted by Crippen LogP contribution is 2.31. The first-order valence-electron chi connectivity index (χ1n) is 8.05. The molecule has 0 aliphatic carbocycles.